The average Bonchev–Trinajstić information content (AvgIpc) is 2.95. The minimum Gasteiger partial charge on any atom is -0.318 e. The van der Waals surface area contributed by atoms with Crippen LogP contribution in [0.25, 0.3) is 0 Å². The van der Waals surface area contributed by atoms with Crippen molar-refractivity contribution in [2.75, 3.05) is 22.1 Å². The second-order valence-corrected chi connectivity index (χ2v) is 7.25. The molecule has 2 aromatic carbocycles. The minimum absolute atomic E-state index is 0.0865. The summed E-state index contributed by atoms with van der Waals surface area (Å²) in [4.78, 5) is 38.4. The van der Waals surface area contributed by atoms with Crippen molar-refractivity contribution in [2.45, 2.75) is 26.2 Å². The Morgan fingerprint density at radius 1 is 1.04 bits per heavy atom. The van der Waals surface area contributed by atoms with Gasteiger partial charge in [-0.1, -0.05) is 17.7 Å². The zero-order chi connectivity index (χ0) is 19.1. The first-order valence-electron chi connectivity index (χ1n) is 8.77. The fraction of sp³-hybridized carbons (Fsp3) is 0.250. The Bertz CT molecular complexity index is 987. The van der Waals surface area contributed by atoms with E-state index in [4.69, 9.17) is 11.6 Å². The second kappa shape index (κ2) is 6.70. The lowest BCUT2D eigenvalue weighted by Gasteiger charge is -2.26. The fourth-order valence-electron chi connectivity index (χ4n) is 3.60. The van der Waals surface area contributed by atoms with Crippen molar-refractivity contribution >= 4 is 46.4 Å². The lowest BCUT2D eigenvalue weighted by molar-refractivity contribution is -0.132. The third-order valence-corrected chi connectivity index (χ3v) is 5.31. The van der Waals surface area contributed by atoms with Crippen LogP contribution in [0.15, 0.2) is 30.3 Å². The van der Waals surface area contributed by atoms with Gasteiger partial charge in [0, 0.05) is 22.9 Å². The highest BCUT2D eigenvalue weighted by Crippen LogP contribution is 2.38. The molecular formula is C20H18ClN3O3. The van der Waals surface area contributed by atoms with E-state index in [-0.39, 0.29) is 5.91 Å². The van der Waals surface area contributed by atoms with Crippen molar-refractivity contribution in [3.63, 3.8) is 0 Å². The van der Waals surface area contributed by atoms with Gasteiger partial charge in [0.1, 0.15) is 0 Å². The van der Waals surface area contributed by atoms with Gasteiger partial charge in [0.05, 0.1) is 12.1 Å². The van der Waals surface area contributed by atoms with Crippen molar-refractivity contribution in [1.29, 1.82) is 0 Å². The average molecular weight is 384 g/mol. The fourth-order valence-corrected chi connectivity index (χ4v) is 3.78. The lowest BCUT2D eigenvalue weighted by Crippen LogP contribution is -2.31. The Hall–Kier alpha value is -2.86. The van der Waals surface area contributed by atoms with Gasteiger partial charge in [-0.25, -0.2) is 0 Å². The summed E-state index contributed by atoms with van der Waals surface area (Å²) in [6, 6.07) is 8.67. The van der Waals surface area contributed by atoms with Crippen molar-refractivity contribution in [1.82, 2.24) is 0 Å². The number of carbonyl (C=O) groups excluding carboxylic acids is 3. The predicted octanol–water partition coefficient (Wildman–Crippen LogP) is 3.06. The van der Waals surface area contributed by atoms with E-state index in [0.29, 0.717) is 22.8 Å². The molecule has 0 fully saturated rings. The molecule has 0 atom stereocenters. The molecule has 2 aliphatic heterocycles. The van der Waals surface area contributed by atoms with Gasteiger partial charge in [-0.3, -0.25) is 14.4 Å². The summed E-state index contributed by atoms with van der Waals surface area (Å²) in [6.07, 6.45) is 2.08. The molecule has 0 saturated heterocycles. The molecular weight excluding hydrogens is 366 g/mol. The number of hydrogen-bond acceptors (Lipinski definition) is 3. The van der Waals surface area contributed by atoms with E-state index in [0.717, 1.165) is 41.8 Å². The van der Waals surface area contributed by atoms with Gasteiger partial charge in [-0.05, 0) is 60.7 Å². The van der Waals surface area contributed by atoms with Crippen molar-refractivity contribution < 1.29 is 14.4 Å². The van der Waals surface area contributed by atoms with Crippen LogP contribution in [-0.4, -0.2) is 24.3 Å². The summed E-state index contributed by atoms with van der Waals surface area (Å²) in [5.41, 5.74) is 4.78. The predicted molar refractivity (Wildman–Crippen MR) is 104 cm³/mol. The minimum atomic E-state index is -0.776. The van der Waals surface area contributed by atoms with Crippen LogP contribution in [0.5, 0.6) is 0 Å². The number of benzene rings is 2. The highest BCUT2D eigenvalue weighted by Gasteiger charge is 2.32. The molecule has 7 heteroatoms. The Morgan fingerprint density at radius 2 is 1.74 bits per heavy atom. The number of nitrogens with one attached hydrogen (secondary N) is 2. The number of anilines is 3. The van der Waals surface area contributed by atoms with Gasteiger partial charge in [-0.15, -0.1) is 0 Å². The number of hydrogen-bond donors (Lipinski definition) is 2. The summed E-state index contributed by atoms with van der Waals surface area (Å²) >= 11 is 6.04. The number of amides is 3. The normalized spacial score (nSPS) is 14.7. The van der Waals surface area contributed by atoms with Crippen LogP contribution in [-0.2, 0) is 27.2 Å². The Morgan fingerprint density at radius 3 is 2.48 bits per heavy atom. The van der Waals surface area contributed by atoms with Gasteiger partial charge in [0.25, 0.3) is 0 Å². The zero-order valence-electron chi connectivity index (χ0n) is 14.8. The van der Waals surface area contributed by atoms with Gasteiger partial charge in [0.2, 0.25) is 5.91 Å². The van der Waals surface area contributed by atoms with Crippen molar-refractivity contribution in [3.05, 3.63) is 52.0 Å². The van der Waals surface area contributed by atoms with Crippen LogP contribution < -0.4 is 15.5 Å². The maximum atomic E-state index is 12.3. The van der Waals surface area contributed by atoms with Crippen LogP contribution >= 0.6 is 11.6 Å². The number of aryl methyl sites for hydroxylation is 2. The molecule has 0 aromatic heterocycles. The van der Waals surface area contributed by atoms with Crippen LogP contribution in [0.4, 0.5) is 17.1 Å². The second-order valence-electron chi connectivity index (χ2n) is 6.84. The third kappa shape index (κ3) is 3.28. The van der Waals surface area contributed by atoms with Crippen LogP contribution in [0.2, 0.25) is 5.02 Å². The molecule has 27 heavy (non-hydrogen) atoms. The first kappa shape index (κ1) is 17.5. The molecule has 0 spiro atoms. The van der Waals surface area contributed by atoms with Crippen molar-refractivity contribution in [2.24, 2.45) is 0 Å². The third-order valence-electron chi connectivity index (χ3n) is 4.90. The lowest BCUT2D eigenvalue weighted by atomic mass is 9.99. The summed E-state index contributed by atoms with van der Waals surface area (Å²) < 4.78 is 0. The van der Waals surface area contributed by atoms with Gasteiger partial charge in [-0.2, -0.15) is 0 Å². The molecule has 6 nitrogen and oxygen atoms in total. The van der Waals surface area contributed by atoms with Crippen LogP contribution in [0.3, 0.4) is 0 Å². The van der Waals surface area contributed by atoms with E-state index in [1.165, 1.54) is 0 Å². The van der Waals surface area contributed by atoms with Crippen LogP contribution in [0.1, 0.15) is 23.1 Å². The summed E-state index contributed by atoms with van der Waals surface area (Å²) in [5.74, 6) is -1.46. The molecule has 0 bridgehead atoms. The smallest absolute Gasteiger partial charge is 0.314 e. The highest BCUT2D eigenvalue weighted by molar-refractivity contribution is 6.43. The SMILES string of the molecule is Cc1ccc(NC(=O)C(=O)Nc2cc3c4c(c2)CC(=O)N4CCC3)cc1Cl. The topological polar surface area (TPSA) is 78.5 Å². The van der Waals surface area contributed by atoms with Gasteiger partial charge in [0.15, 0.2) is 0 Å². The van der Waals surface area contributed by atoms with E-state index in [9.17, 15) is 14.4 Å². The number of carbonyl (C=O) groups is 3. The van der Waals surface area contributed by atoms with Gasteiger partial charge < -0.3 is 15.5 Å². The van der Waals surface area contributed by atoms with E-state index >= 15 is 0 Å². The molecule has 0 saturated carbocycles. The zero-order valence-corrected chi connectivity index (χ0v) is 15.5. The van der Waals surface area contributed by atoms with E-state index < -0.39 is 11.8 Å². The first-order valence-corrected chi connectivity index (χ1v) is 9.15. The monoisotopic (exact) mass is 383 g/mol. The molecule has 2 N–H and O–H groups in total. The largest absolute Gasteiger partial charge is 0.318 e. The Kier molecular flexibility index (Phi) is 4.36. The highest BCUT2D eigenvalue weighted by atomic mass is 35.5. The molecule has 2 aromatic rings. The first-order chi connectivity index (χ1) is 12.9. The van der Waals surface area contributed by atoms with E-state index in [2.05, 4.69) is 10.6 Å². The molecule has 2 aliphatic rings. The maximum absolute atomic E-state index is 12.3. The molecule has 138 valence electrons. The number of nitrogens with zero attached hydrogens (tertiary/aromatic N) is 1. The summed E-state index contributed by atoms with van der Waals surface area (Å²) in [5, 5.41) is 5.68. The summed E-state index contributed by atoms with van der Waals surface area (Å²) in [7, 11) is 0. The standard InChI is InChI=1S/C20H18ClN3O3/c1-11-4-5-14(10-16(11)21)22-19(26)20(27)23-15-7-12-3-2-6-24-17(25)9-13(8-15)18(12)24/h4-5,7-8,10H,2-3,6,9H2,1H3,(H,22,26)(H,23,27). The molecule has 2 heterocycles. The quantitative estimate of drug-likeness (QED) is 0.782. The molecule has 4 rings (SSSR count). The summed E-state index contributed by atoms with van der Waals surface area (Å²) in [6.45, 7) is 2.60. The van der Waals surface area contributed by atoms with E-state index in [1.54, 1.807) is 24.3 Å². The molecule has 3 amide bonds. The maximum Gasteiger partial charge on any atom is 0.314 e. The molecule has 0 radical (unpaired) electrons. The number of rotatable bonds is 2. The Labute approximate surface area is 161 Å². The van der Waals surface area contributed by atoms with E-state index in [1.807, 2.05) is 17.9 Å². The molecule has 0 aliphatic carbocycles. The van der Waals surface area contributed by atoms with Gasteiger partial charge >= 0.3 is 11.8 Å². The number of halogens is 1. The van der Waals surface area contributed by atoms with Crippen molar-refractivity contribution in [3.8, 4) is 0 Å². The Balaban J connectivity index is 1.50. The molecule has 0 unspecified atom stereocenters. The van der Waals surface area contributed by atoms with Crippen LogP contribution in [0, 0.1) is 6.92 Å².